The summed E-state index contributed by atoms with van der Waals surface area (Å²) in [6.07, 6.45) is 1.67. The second-order valence-corrected chi connectivity index (χ2v) is 10.1. The number of ether oxygens (including phenoxy) is 2. The van der Waals surface area contributed by atoms with Gasteiger partial charge in [-0.3, -0.25) is 9.36 Å². The second-order valence-electron chi connectivity index (χ2n) is 8.26. The number of carbonyl (C=O) groups excluding carboxylic acids is 1. The van der Waals surface area contributed by atoms with E-state index in [4.69, 9.17) is 13.9 Å². The fourth-order valence-electron chi connectivity index (χ4n) is 4.31. The Bertz CT molecular complexity index is 1520. The van der Waals surface area contributed by atoms with Crippen LogP contribution in [0.4, 0.5) is 10.3 Å². The predicted octanol–water partition coefficient (Wildman–Crippen LogP) is 3.13. The van der Waals surface area contributed by atoms with Crippen LogP contribution in [-0.2, 0) is 14.3 Å². The number of hydrogen-bond acceptors (Lipinski definition) is 8. The third kappa shape index (κ3) is 4.58. The molecule has 0 unspecified atom stereocenters. The maximum Gasteiger partial charge on any atom is 0.338 e. The average molecular weight is 576 g/mol. The van der Waals surface area contributed by atoms with E-state index in [2.05, 4.69) is 25.8 Å². The van der Waals surface area contributed by atoms with Gasteiger partial charge in [-0.1, -0.05) is 23.5 Å². The number of furan rings is 1. The van der Waals surface area contributed by atoms with Crippen LogP contribution >= 0.6 is 27.3 Å². The minimum atomic E-state index is -0.796. The first-order valence-electron chi connectivity index (χ1n) is 11.4. The second kappa shape index (κ2) is 10.2. The molecule has 188 valence electrons. The van der Waals surface area contributed by atoms with Gasteiger partial charge in [-0.25, -0.2) is 14.2 Å². The highest BCUT2D eigenvalue weighted by Crippen LogP contribution is 2.32. The van der Waals surface area contributed by atoms with E-state index in [1.54, 1.807) is 32.1 Å². The van der Waals surface area contributed by atoms with Crippen molar-refractivity contribution in [1.29, 1.82) is 0 Å². The SMILES string of the molecule is CCOC(=O)C1=C(C)N=c2s/c(=C/c3cc(Br)c(N4CCOCC4)o3)c(=O)n2[C@H]1c1ccc(F)cc1. The number of nitrogens with zero attached hydrogens (tertiary/aromatic N) is 3. The molecule has 0 N–H and O–H groups in total. The molecular formula is C25H23BrFN3O5S. The van der Waals surface area contributed by atoms with Crippen molar-refractivity contribution in [2.24, 2.45) is 4.99 Å². The molecule has 4 heterocycles. The molecule has 2 aliphatic heterocycles. The van der Waals surface area contributed by atoms with Crippen LogP contribution in [0.2, 0.25) is 0 Å². The molecule has 2 aliphatic rings. The Morgan fingerprint density at radius 2 is 2.03 bits per heavy atom. The van der Waals surface area contributed by atoms with E-state index in [1.807, 2.05) is 6.07 Å². The zero-order chi connectivity index (χ0) is 25.4. The summed E-state index contributed by atoms with van der Waals surface area (Å²) in [6, 6.07) is 6.75. The van der Waals surface area contributed by atoms with Crippen molar-refractivity contribution in [1.82, 2.24) is 4.57 Å². The Kier molecular flexibility index (Phi) is 6.96. The maximum atomic E-state index is 13.7. The van der Waals surface area contributed by atoms with E-state index in [0.717, 1.165) is 4.47 Å². The monoisotopic (exact) mass is 575 g/mol. The summed E-state index contributed by atoms with van der Waals surface area (Å²) >= 11 is 4.75. The smallest absolute Gasteiger partial charge is 0.338 e. The molecule has 1 aromatic carbocycles. The lowest BCUT2D eigenvalue weighted by atomic mass is 9.96. The number of benzene rings is 1. The number of anilines is 1. The summed E-state index contributed by atoms with van der Waals surface area (Å²) in [5, 5.41) is 0. The van der Waals surface area contributed by atoms with Gasteiger partial charge in [0.1, 0.15) is 11.6 Å². The molecule has 2 aromatic heterocycles. The van der Waals surface area contributed by atoms with Gasteiger partial charge in [0.25, 0.3) is 5.56 Å². The van der Waals surface area contributed by atoms with E-state index >= 15 is 0 Å². The molecule has 1 atom stereocenters. The van der Waals surface area contributed by atoms with Crippen molar-refractivity contribution in [3.05, 3.63) is 82.9 Å². The van der Waals surface area contributed by atoms with Crippen LogP contribution in [0.1, 0.15) is 31.2 Å². The van der Waals surface area contributed by atoms with E-state index in [-0.39, 0.29) is 17.7 Å². The fourth-order valence-corrected chi connectivity index (χ4v) is 5.89. The van der Waals surface area contributed by atoms with Gasteiger partial charge >= 0.3 is 5.97 Å². The third-order valence-electron chi connectivity index (χ3n) is 5.96. The van der Waals surface area contributed by atoms with Crippen molar-refractivity contribution in [3.8, 4) is 0 Å². The molecule has 0 amide bonds. The molecule has 0 radical (unpaired) electrons. The molecule has 36 heavy (non-hydrogen) atoms. The van der Waals surface area contributed by atoms with Crippen molar-refractivity contribution in [3.63, 3.8) is 0 Å². The minimum Gasteiger partial charge on any atom is -0.463 e. The summed E-state index contributed by atoms with van der Waals surface area (Å²) < 4.78 is 33.1. The van der Waals surface area contributed by atoms with E-state index in [9.17, 15) is 14.0 Å². The van der Waals surface area contributed by atoms with Crippen LogP contribution in [0.5, 0.6) is 0 Å². The first-order valence-corrected chi connectivity index (χ1v) is 13.1. The zero-order valence-corrected chi connectivity index (χ0v) is 22.0. The number of fused-ring (bicyclic) bond motifs is 1. The van der Waals surface area contributed by atoms with Crippen LogP contribution in [-0.4, -0.2) is 43.4 Å². The van der Waals surface area contributed by atoms with Crippen LogP contribution in [0, 0.1) is 5.82 Å². The molecule has 0 aliphatic carbocycles. The largest absolute Gasteiger partial charge is 0.463 e. The standard InChI is InChI=1S/C25H23BrFN3O5S/c1-3-34-24(32)20-14(2)28-25-30(21(20)15-4-6-16(27)7-5-15)22(31)19(36-25)13-17-12-18(26)23(35-17)29-8-10-33-11-9-29/h4-7,12-13,21H,3,8-11H2,1-2H3/b19-13+/t21-/m0/s1. The Labute approximate surface area is 218 Å². The Hall–Kier alpha value is -3.02. The van der Waals surface area contributed by atoms with Gasteiger partial charge in [-0.15, -0.1) is 0 Å². The van der Waals surface area contributed by atoms with Gasteiger partial charge in [0, 0.05) is 25.2 Å². The average Bonchev–Trinajstić information content (AvgIpc) is 3.38. The number of thiazole rings is 1. The highest BCUT2D eigenvalue weighted by molar-refractivity contribution is 9.10. The van der Waals surface area contributed by atoms with Crippen molar-refractivity contribution in [2.75, 3.05) is 37.8 Å². The Morgan fingerprint density at radius 3 is 2.72 bits per heavy atom. The van der Waals surface area contributed by atoms with E-state index < -0.39 is 17.8 Å². The minimum absolute atomic E-state index is 0.176. The number of carbonyl (C=O) groups is 1. The number of esters is 1. The molecule has 11 heteroatoms. The van der Waals surface area contributed by atoms with E-state index in [0.29, 0.717) is 58.5 Å². The number of hydrogen-bond donors (Lipinski definition) is 0. The molecule has 5 rings (SSSR count). The predicted molar refractivity (Wildman–Crippen MR) is 136 cm³/mol. The molecule has 8 nitrogen and oxygen atoms in total. The number of allylic oxidation sites excluding steroid dienone is 1. The molecule has 3 aromatic rings. The molecule has 0 bridgehead atoms. The van der Waals surface area contributed by atoms with Crippen molar-refractivity contribution >= 4 is 45.2 Å². The van der Waals surface area contributed by atoms with Gasteiger partial charge < -0.3 is 18.8 Å². The van der Waals surface area contributed by atoms with Crippen LogP contribution < -0.4 is 19.8 Å². The Balaban J connectivity index is 1.62. The van der Waals surface area contributed by atoms with Crippen LogP contribution in [0.15, 0.2) is 60.3 Å². The lowest BCUT2D eigenvalue weighted by Crippen LogP contribution is -2.39. The normalized spacial score (nSPS) is 18.3. The zero-order valence-electron chi connectivity index (χ0n) is 19.6. The highest BCUT2D eigenvalue weighted by atomic mass is 79.9. The molecule has 1 saturated heterocycles. The third-order valence-corrected chi connectivity index (χ3v) is 7.51. The van der Waals surface area contributed by atoms with Gasteiger partial charge in [-0.2, -0.15) is 0 Å². The number of aromatic nitrogens is 1. The van der Waals surface area contributed by atoms with Crippen molar-refractivity contribution < 1.29 is 23.1 Å². The van der Waals surface area contributed by atoms with E-state index in [1.165, 1.54) is 28.0 Å². The Morgan fingerprint density at radius 1 is 1.31 bits per heavy atom. The van der Waals surface area contributed by atoms with Gasteiger partial charge in [0.15, 0.2) is 4.80 Å². The molecular weight excluding hydrogens is 553 g/mol. The maximum absolute atomic E-state index is 13.7. The number of rotatable bonds is 5. The van der Waals surface area contributed by atoms with Crippen LogP contribution in [0.25, 0.3) is 6.08 Å². The summed E-state index contributed by atoms with van der Waals surface area (Å²) in [5.74, 6) is 0.215. The lowest BCUT2D eigenvalue weighted by molar-refractivity contribution is -0.139. The van der Waals surface area contributed by atoms with Crippen LogP contribution in [0.3, 0.4) is 0 Å². The van der Waals surface area contributed by atoms with Gasteiger partial charge in [0.2, 0.25) is 5.88 Å². The van der Waals surface area contributed by atoms with Gasteiger partial charge in [-0.05, 0) is 47.5 Å². The topological polar surface area (TPSA) is 86.3 Å². The lowest BCUT2D eigenvalue weighted by Gasteiger charge is -2.26. The highest BCUT2D eigenvalue weighted by Gasteiger charge is 2.33. The van der Waals surface area contributed by atoms with Gasteiger partial charge in [0.05, 0.1) is 46.1 Å². The molecule has 0 saturated carbocycles. The fraction of sp³-hybridized carbons (Fsp3) is 0.320. The number of morpholine rings is 1. The quantitative estimate of drug-likeness (QED) is 0.434. The molecule has 1 fully saturated rings. The van der Waals surface area contributed by atoms with Crippen molar-refractivity contribution in [2.45, 2.75) is 19.9 Å². The molecule has 0 spiro atoms. The summed E-state index contributed by atoms with van der Waals surface area (Å²) in [5.41, 5.74) is 0.947. The summed E-state index contributed by atoms with van der Waals surface area (Å²) in [6.45, 7) is 6.25. The first-order chi connectivity index (χ1) is 17.4. The summed E-state index contributed by atoms with van der Waals surface area (Å²) in [7, 11) is 0. The summed E-state index contributed by atoms with van der Waals surface area (Å²) in [4.78, 5) is 33.6. The first kappa shape index (κ1) is 24.7. The number of halogens is 2.